The Hall–Kier alpha value is -0.950. The van der Waals surface area contributed by atoms with Crippen molar-refractivity contribution in [2.45, 2.75) is 43.3 Å². The van der Waals surface area contributed by atoms with E-state index >= 15 is 0 Å². The van der Waals surface area contributed by atoms with Crippen molar-refractivity contribution >= 4 is 10.0 Å². The molecule has 0 unspecified atom stereocenters. The highest BCUT2D eigenvalue weighted by molar-refractivity contribution is 7.89. The van der Waals surface area contributed by atoms with Crippen LogP contribution in [0.4, 0.5) is 0 Å². The second kappa shape index (κ2) is 6.44. The van der Waals surface area contributed by atoms with Gasteiger partial charge in [0.2, 0.25) is 10.0 Å². The third kappa shape index (κ3) is 3.63. The molecule has 0 bridgehead atoms. The van der Waals surface area contributed by atoms with Gasteiger partial charge in [-0.2, -0.15) is 0 Å². The molecule has 0 atom stereocenters. The predicted octanol–water partition coefficient (Wildman–Crippen LogP) is 1.61. The number of hydrogen-bond donors (Lipinski definition) is 1. The second-order valence-corrected chi connectivity index (χ2v) is 7.26. The summed E-state index contributed by atoms with van der Waals surface area (Å²) in [6.07, 6.45) is 4.61. The van der Waals surface area contributed by atoms with E-state index in [0.29, 0.717) is 31.1 Å². The number of benzene rings is 1. The van der Waals surface area contributed by atoms with Gasteiger partial charge >= 0.3 is 0 Å². The maximum atomic E-state index is 12.3. The third-order valence-corrected chi connectivity index (χ3v) is 5.45. The van der Waals surface area contributed by atoms with E-state index < -0.39 is 10.0 Å². The van der Waals surface area contributed by atoms with Gasteiger partial charge in [0.05, 0.1) is 18.1 Å². The standard InChI is InChI=1S/C15H21NO4S/c17-21(18,16-8-7-15-19-9-10-20-15)14-6-5-12-3-1-2-4-13(12)11-14/h5-6,11,15-16H,1-4,7-10H2. The molecule has 21 heavy (non-hydrogen) atoms. The van der Waals surface area contributed by atoms with Crippen molar-refractivity contribution in [3.8, 4) is 0 Å². The summed E-state index contributed by atoms with van der Waals surface area (Å²) in [6, 6.07) is 5.47. The number of ether oxygens (including phenoxy) is 2. The number of hydrogen-bond acceptors (Lipinski definition) is 4. The van der Waals surface area contributed by atoms with Gasteiger partial charge in [0.25, 0.3) is 0 Å². The van der Waals surface area contributed by atoms with E-state index in [1.165, 1.54) is 17.5 Å². The fourth-order valence-corrected chi connectivity index (χ4v) is 3.94. The number of rotatable bonds is 5. The predicted molar refractivity (Wildman–Crippen MR) is 78.6 cm³/mol. The van der Waals surface area contributed by atoms with Crippen LogP contribution in [0.3, 0.4) is 0 Å². The highest BCUT2D eigenvalue weighted by atomic mass is 32.2. The Morgan fingerprint density at radius 2 is 1.81 bits per heavy atom. The van der Waals surface area contributed by atoms with Gasteiger partial charge in [0, 0.05) is 13.0 Å². The van der Waals surface area contributed by atoms with Crippen LogP contribution in [0, 0.1) is 0 Å². The molecule has 0 spiro atoms. The number of nitrogens with one attached hydrogen (secondary N) is 1. The average molecular weight is 311 g/mol. The lowest BCUT2D eigenvalue weighted by Gasteiger charge is -2.17. The molecule has 6 heteroatoms. The fourth-order valence-electron chi connectivity index (χ4n) is 2.85. The van der Waals surface area contributed by atoms with Gasteiger partial charge in [0.15, 0.2) is 6.29 Å². The van der Waals surface area contributed by atoms with Crippen molar-refractivity contribution < 1.29 is 17.9 Å². The quantitative estimate of drug-likeness (QED) is 0.897. The summed E-state index contributed by atoms with van der Waals surface area (Å²) in [6.45, 7) is 1.49. The average Bonchev–Trinajstić information content (AvgIpc) is 3.00. The van der Waals surface area contributed by atoms with Crippen LogP contribution in [-0.2, 0) is 32.3 Å². The van der Waals surface area contributed by atoms with E-state index in [2.05, 4.69) is 4.72 Å². The van der Waals surface area contributed by atoms with Crippen LogP contribution in [-0.4, -0.2) is 34.5 Å². The lowest BCUT2D eigenvalue weighted by Crippen LogP contribution is -2.27. The highest BCUT2D eigenvalue weighted by Crippen LogP contribution is 2.24. The normalized spacial score (nSPS) is 19.6. The van der Waals surface area contributed by atoms with Crippen LogP contribution in [0.2, 0.25) is 0 Å². The van der Waals surface area contributed by atoms with E-state index in [-0.39, 0.29) is 6.29 Å². The molecule has 1 fully saturated rings. The molecule has 1 N–H and O–H groups in total. The molecule has 1 heterocycles. The maximum Gasteiger partial charge on any atom is 0.240 e. The molecule has 0 radical (unpaired) electrons. The van der Waals surface area contributed by atoms with E-state index in [9.17, 15) is 8.42 Å². The van der Waals surface area contributed by atoms with Gasteiger partial charge < -0.3 is 9.47 Å². The van der Waals surface area contributed by atoms with Gasteiger partial charge in [-0.15, -0.1) is 0 Å². The van der Waals surface area contributed by atoms with Crippen molar-refractivity contribution in [1.82, 2.24) is 4.72 Å². The summed E-state index contributed by atoms with van der Waals surface area (Å²) in [7, 11) is -3.45. The zero-order chi connectivity index (χ0) is 14.7. The first-order valence-electron chi connectivity index (χ1n) is 7.50. The molecule has 1 aromatic rings. The molecule has 116 valence electrons. The minimum absolute atomic E-state index is 0.281. The topological polar surface area (TPSA) is 64.6 Å². The molecule has 0 amide bonds. The first-order valence-corrected chi connectivity index (χ1v) is 8.98. The molecule has 1 aromatic carbocycles. The monoisotopic (exact) mass is 311 g/mol. The first-order chi connectivity index (χ1) is 10.1. The van der Waals surface area contributed by atoms with E-state index in [0.717, 1.165) is 19.3 Å². The number of fused-ring (bicyclic) bond motifs is 1. The lowest BCUT2D eigenvalue weighted by atomic mass is 9.92. The van der Waals surface area contributed by atoms with E-state index in [1.54, 1.807) is 6.07 Å². The van der Waals surface area contributed by atoms with Crippen LogP contribution in [0.15, 0.2) is 23.1 Å². The molecule has 2 aliphatic rings. The molecular weight excluding hydrogens is 290 g/mol. The van der Waals surface area contributed by atoms with Crippen LogP contribution in [0.1, 0.15) is 30.4 Å². The van der Waals surface area contributed by atoms with Crippen LogP contribution >= 0.6 is 0 Å². The Morgan fingerprint density at radius 3 is 2.57 bits per heavy atom. The number of sulfonamides is 1. The van der Waals surface area contributed by atoms with Crippen molar-refractivity contribution in [1.29, 1.82) is 0 Å². The summed E-state index contributed by atoms with van der Waals surface area (Å²) in [5, 5.41) is 0. The Bertz CT molecular complexity index is 594. The summed E-state index contributed by atoms with van der Waals surface area (Å²) in [4.78, 5) is 0.358. The molecule has 3 rings (SSSR count). The highest BCUT2D eigenvalue weighted by Gasteiger charge is 2.20. The van der Waals surface area contributed by atoms with Crippen molar-refractivity contribution in [2.24, 2.45) is 0 Å². The largest absolute Gasteiger partial charge is 0.350 e. The number of aryl methyl sites for hydroxylation is 2. The van der Waals surface area contributed by atoms with Gasteiger partial charge in [-0.3, -0.25) is 0 Å². The summed E-state index contributed by atoms with van der Waals surface area (Å²) >= 11 is 0. The van der Waals surface area contributed by atoms with Crippen LogP contribution in [0.5, 0.6) is 0 Å². The van der Waals surface area contributed by atoms with E-state index in [1.807, 2.05) is 12.1 Å². The summed E-state index contributed by atoms with van der Waals surface area (Å²) in [5.74, 6) is 0. The molecule has 1 aliphatic carbocycles. The van der Waals surface area contributed by atoms with Gasteiger partial charge in [-0.05, 0) is 48.9 Å². The smallest absolute Gasteiger partial charge is 0.240 e. The molecular formula is C15H21NO4S. The zero-order valence-corrected chi connectivity index (χ0v) is 12.8. The minimum Gasteiger partial charge on any atom is -0.350 e. The maximum absolute atomic E-state index is 12.3. The lowest BCUT2D eigenvalue weighted by molar-refractivity contribution is -0.0451. The van der Waals surface area contributed by atoms with E-state index in [4.69, 9.17) is 9.47 Å². The minimum atomic E-state index is -3.45. The van der Waals surface area contributed by atoms with Crippen molar-refractivity contribution in [2.75, 3.05) is 19.8 Å². The SMILES string of the molecule is O=S(=O)(NCCC1OCCO1)c1ccc2c(c1)CCCC2. The Morgan fingerprint density at radius 1 is 1.10 bits per heavy atom. The van der Waals surface area contributed by atoms with Gasteiger partial charge in [-0.1, -0.05) is 6.07 Å². The Labute approximate surface area is 125 Å². The summed E-state index contributed by atoms with van der Waals surface area (Å²) in [5.41, 5.74) is 2.46. The zero-order valence-electron chi connectivity index (χ0n) is 12.0. The molecule has 0 saturated carbocycles. The molecule has 0 aromatic heterocycles. The van der Waals surface area contributed by atoms with Crippen molar-refractivity contribution in [3.05, 3.63) is 29.3 Å². The van der Waals surface area contributed by atoms with Crippen LogP contribution < -0.4 is 4.72 Å². The van der Waals surface area contributed by atoms with Gasteiger partial charge in [-0.25, -0.2) is 13.1 Å². The Balaban J connectivity index is 1.63. The third-order valence-electron chi connectivity index (χ3n) is 3.99. The molecule has 5 nitrogen and oxygen atoms in total. The summed E-state index contributed by atoms with van der Waals surface area (Å²) < 4.78 is 37.8. The van der Waals surface area contributed by atoms with Gasteiger partial charge in [0.1, 0.15) is 0 Å². The Kier molecular flexibility index (Phi) is 4.59. The van der Waals surface area contributed by atoms with Crippen molar-refractivity contribution in [3.63, 3.8) is 0 Å². The first kappa shape index (κ1) is 15.0. The second-order valence-electron chi connectivity index (χ2n) is 5.50. The molecule has 1 aliphatic heterocycles. The molecule has 1 saturated heterocycles. The van der Waals surface area contributed by atoms with Crippen LogP contribution in [0.25, 0.3) is 0 Å². The fraction of sp³-hybridized carbons (Fsp3) is 0.600.